The third-order valence-electron chi connectivity index (χ3n) is 11.7. The smallest absolute Gasteiger partial charge is 0.262 e. The molecule has 5 aromatic rings. The Kier molecular flexibility index (Phi) is 25.3. The Labute approximate surface area is 471 Å². The zero-order valence-electron chi connectivity index (χ0n) is 43.8. The fourth-order valence-corrected chi connectivity index (χ4v) is 9.16. The number of piperazine rings is 1. The molecule has 0 spiro atoms. The molecule has 6 rings (SSSR count). The number of Topliss-reactive ketones (excluding diaryl/α,β-unsaturated/α-hetero) is 1. The number of ketones is 1. The van der Waals surface area contributed by atoms with E-state index in [0.717, 1.165) is 28.9 Å². The van der Waals surface area contributed by atoms with Gasteiger partial charge in [-0.05, 0) is 89.3 Å². The van der Waals surface area contributed by atoms with Crippen molar-refractivity contribution in [3.8, 4) is 11.8 Å². The van der Waals surface area contributed by atoms with E-state index in [9.17, 15) is 24.4 Å². The van der Waals surface area contributed by atoms with Gasteiger partial charge < -0.3 is 50.0 Å². The Morgan fingerprint density at radius 3 is 2.29 bits per heavy atom. The quantitative estimate of drug-likeness (QED) is 0.00674. The van der Waals surface area contributed by atoms with Crippen molar-refractivity contribution in [2.24, 2.45) is 5.16 Å². The van der Waals surface area contributed by atoms with Crippen LogP contribution in [0.25, 0.3) is 6.08 Å². The summed E-state index contributed by atoms with van der Waals surface area (Å²) in [6.07, 6.45) is 6.09. The maximum atomic E-state index is 13.0. The molecule has 1 aliphatic heterocycles. The van der Waals surface area contributed by atoms with Crippen molar-refractivity contribution in [3.63, 3.8) is 0 Å². The Balaban J connectivity index is 0.730. The second-order valence-corrected chi connectivity index (χ2v) is 19.8. The number of aryl methyl sites for hydroxylation is 2. The number of halogens is 2. The normalized spacial score (nSPS) is 13.2. The summed E-state index contributed by atoms with van der Waals surface area (Å²) in [4.78, 5) is 78.5. The minimum Gasteiger partial charge on any atom is -0.488 e. The number of nitrogens with zero attached hydrogens (tertiary/aromatic N) is 8. The molecule has 1 unspecified atom stereocenters. The molecule has 3 aromatic heterocycles. The molecule has 1 aliphatic rings. The molecular weight excluding hydrogens is 1110 g/mol. The number of carbonyl (C=O) groups is 4. The number of ether oxygens (including phenoxy) is 4. The van der Waals surface area contributed by atoms with E-state index < -0.39 is 5.91 Å². The van der Waals surface area contributed by atoms with Gasteiger partial charge in [-0.15, -0.1) is 0 Å². The number of nitriles is 1. The van der Waals surface area contributed by atoms with E-state index in [-0.39, 0.29) is 61.9 Å². The Morgan fingerprint density at radius 2 is 1.60 bits per heavy atom. The lowest BCUT2D eigenvalue weighted by atomic mass is 10.0. The van der Waals surface area contributed by atoms with E-state index in [1.54, 1.807) is 42.6 Å². The molecule has 21 nitrogen and oxygen atoms in total. The van der Waals surface area contributed by atoms with Crippen molar-refractivity contribution in [3.05, 3.63) is 121 Å². The number of amides is 3. The first-order chi connectivity index (χ1) is 37.9. The number of carbonyl (C=O) groups excluding carboxylic acids is 4. The van der Waals surface area contributed by atoms with Crippen LogP contribution in [0.2, 0.25) is 5.02 Å². The molecule has 0 saturated carbocycles. The molecule has 4 N–H and O–H groups in total. The zero-order chi connectivity index (χ0) is 55.5. The van der Waals surface area contributed by atoms with Gasteiger partial charge in [0.05, 0.1) is 75.2 Å². The highest BCUT2D eigenvalue weighted by atomic mass is 79.9. The minimum absolute atomic E-state index is 0.0468. The number of benzene rings is 2. The first-order valence-corrected chi connectivity index (χ1v) is 27.4. The second-order valence-electron chi connectivity index (χ2n) is 17.6. The van der Waals surface area contributed by atoms with Crippen molar-refractivity contribution in [2.45, 2.75) is 46.1 Å². The molecular formula is C54H64BrClN12O9S. The highest BCUT2D eigenvalue weighted by Crippen LogP contribution is 2.28. The van der Waals surface area contributed by atoms with Crippen LogP contribution in [0.4, 0.5) is 16.8 Å². The van der Waals surface area contributed by atoms with Crippen LogP contribution in [0.3, 0.4) is 0 Å². The predicted molar refractivity (Wildman–Crippen MR) is 301 cm³/mol. The summed E-state index contributed by atoms with van der Waals surface area (Å²) in [5.74, 6) is 1.54. The fourth-order valence-electron chi connectivity index (χ4n) is 7.76. The lowest BCUT2D eigenvalue weighted by Crippen LogP contribution is -2.50. The van der Waals surface area contributed by atoms with Crippen LogP contribution in [0.1, 0.15) is 63.7 Å². The average molecular weight is 1170 g/mol. The molecule has 1 fully saturated rings. The number of nitrogens with one attached hydrogen (secondary N) is 4. The number of oxime groups is 1. The molecule has 4 heterocycles. The molecule has 78 heavy (non-hydrogen) atoms. The standard InChI is InChI=1S/C54H64BrClN12O9S/c1-4-7-45(65-53(72)40(33-57)30-41-9-6-11-48(55)64-41)39-12-14-42(15-13-39)76-25-18-61-77-36-52(71)59-17-24-74-27-29-75-28-26-73-23-16-58-51(70)35-67-19-21-68(22-20-67)50-32-49(62-38(3)63-50)66-54-60-34-47(78-54)46(69)31-43-37(2)8-5-10-44(43)56/h5-6,8-15,18,30,32,34,45H,4,7,16-17,19-29,31,35-36H2,1-3H3,(H,58,70)(H,59,71)(H,65,72)(H,60,62,63,66)/b40-30+,61-18?. The van der Waals surface area contributed by atoms with Crippen molar-refractivity contribution in [2.75, 3.05) is 109 Å². The number of pyridine rings is 1. The summed E-state index contributed by atoms with van der Waals surface area (Å²) in [5.41, 5.74) is 3.09. The summed E-state index contributed by atoms with van der Waals surface area (Å²) in [7, 11) is 0. The molecule has 0 bridgehead atoms. The van der Waals surface area contributed by atoms with Crippen LogP contribution in [-0.2, 0) is 39.9 Å². The van der Waals surface area contributed by atoms with E-state index >= 15 is 0 Å². The Hall–Kier alpha value is -6.91. The summed E-state index contributed by atoms with van der Waals surface area (Å²) < 4.78 is 22.9. The molecule has 0 aliphatic carbocycles. The second kappa shape index (κ2) is 32.7. The molecule has 414 valence electrons. The number of hydrogen-bond acceptors (Lipinski definition) is 19. The van der Waals surface area contributed by atoms with Gasteiger partial charge in [-0.2, -0.15) is 5.26 Å². The van der Waals surface area contributed by atoms with Gasteiger partial charge in [-0.3, -0.25) is 24.1 Å². The molecule has 0 radical (unpaired) electrons. The van der Waals surface area contributed by atoms with Crippen molar-refractivity contribution in [1.82, 2.24) is 40.8 Å². The van der Waals surface area contributed by atoms with Crippen molar-refractivity contribution < 1.29 is 43.0 Å². The summed E-state index contributed by atoms with van der Waals surface area (Å²) in [6, 6.07) is 21.6. The fraction of sp³-hybridized carbons (Fsp3) is 0.407. The van der Waals surface area contributed by atoms with Crippen LogP contribution < -0.4 is 30.9 Å². The third-order valence-corrected chi connectivity index (χ3v) is 13.5. The molecule has 2 aromatic carbocycles. The maximum Gasteiger partial charge on any atom is 0.262 e. The largest absolute Gasteiger partial charge is 0.488 e. The number of hydrogen-bond donors (Lipinski definition) is 4. The van der Waals surface area contributed by atoms with Gasteiger partial charge in [-0.25, -0.2) is 19.9 Å². The summed E-state index contributed by atoms with van der Waals surface area (Å²) in [6.45, 7) is 11.4. The highest BCUT2D eigenvalue weighted by Gasteiger charge is 2.22. The van der Waals surface area contributed by atoms with Crippen molar-refractivity contribution in [1.29, 1.82) is 5.26 Å². The van der Waals surface area contributed by atoms with E-state index in [4.69, 9.17) is 35.4 Å². The van der Waals surface area contributed by atoms with Gasteiger partial charge in [0.1, 0.15) is 46.1 Å². The van der Waals surface area contributed by atoms with Gasteiger partial charge in [-0.1, -0.05) is 71.8 Å². The van der Waals surface area contributed by atoms with E-state index in [0.29, 0.717) is 122 Å². The van der Waals surface area contributed by atoms with E-state index in [1.165, 1.54) is 23.6 Å². The zero-order valence-corrected chi connectivity index (χ0v) is 47.0. The average Bonchev–Trinajstić information content (AvgIpc) is 3.91. The Bertz CT molecular complexity index is 2840. The van der Waals surface area contributed by atoms with Crippen LogP contribution in [0.15, 0.2) is 88.3 Å². The summed E-state index contributed by atoms with van der Waals surface area (Å²) >= 11 is 10.9. The topological polar surface area (TPSA) is 257 Å². The third kappa shape index (κ3) is 20.8. The Morgan fingerprint density at radius 1 is 0.897 bits per heavy atom. The number of aromatic nitrogens is 4. The lowest BCUT2D eigenvalue weighted by molar-refractivity contribution is -0.126. The van der Waals surface area contributed by atoms with Gasteiger partial charge in [0.15, 0.2) is 17.5 Å². The molecule has 24 heteroatoms. The SMILES string of the molecule is CCCC(NC(=O)/C(C#N)=C/c1cccc(Br)n1)c1ccc(OCC=NOCC(=O)NCCOCCOCCOCCNC(=O)CN2CCN(c3cc(Nc4ncc(C(=O)Cc5c(C)cccc5Cl)s4)nc(C)n3)CC2)cc1. The van der Waals surface area contributed by atoms with Gasteiger partial charge >= 0.3 is 0 Å². The van der Waals surface area contributed by atoms with Gasteiger partial charge in [0.2, 0.25) is 5.91 Å². The summed E-state index contributed by atoms with van der Waals surface area (Å²) in [5, 5.41) is 26.3. The number of rotatable bonds is 32. The van der Waals surface area contributed by atoms with Crippen LogP contribution >= 0.6 is 38.9 Å². The predicted octanol–water partition coefficient (Wildman–Crippen LogP) is 6.58. The maximum absolute atomic E-state index is 13.0. The van der Waals surface area contributed by atoms with Gasteiger partial charge in [0, 0.05) is 56.8 Å². The van der Waals surface area contributed by atoms with Gasteiger partial charge in [0.25, 0.3) is 11.8 Å². The molecule has 1 saturated heterocycles. The minimum atomic E-state index is -0.487. The van der Waals surface area contributed by atoms with Crippen LogP contribution in [0.5, 0.6) is 5.75 Å². The number of thiazole rings is 1. The van der Waals surface area contributed by atoms with Crippen LogP contribution in [0, 0.1) is 25.2 Å². The highest BCUT2D eigenvalue weighted by molar-refractivity contribution is 9.10. The molecule has 1 atom stereocenters. The first kappa shape index (κ1) is 60.3. The number of anilines is 3. The van der Waals surface area contributed by atoms with Crippen molar-refractivity contribution >= 4 is 91.4 Å². The monoisotopic (exact) mass is 1170 g/mol. The van der Waals surface area contributed by atoms with E-state index in [2.05, 4.69) is 72.1 Å². The lowest BCUT2D eigenvalue weighted by Gasteiger charge is -2.35. The molecule has 3 amide bonds. The van der Waals surface area contributed by atoms with E-state index in [1.807, 2.05) is 57.2 Å². The first-order valence-electron chi connectivity index (χ1n) is 25.4. The van der Waals surface area contributed by atoms with Crippen LogP contribution in [-0.4, -0.2) is 153 Å².